The number of nitrogens with one attached hydrogen (secondary N) is 2. The molecule has 17 heteroatoms. The monoisotopic (exact) mass is 701 g/mol. The van der Waals surface area contributed by atoms with Crippen molar-refractivity contribution in [2.24, 2.45) is 0 Å². The molecule has 3 amide bonds. The SMILES string of the molecule is CC(=O)N[C@H]1CO[C@H](COCCOCCN(CCOCCOC[C@H]2OC[C@H](NC(C)=O)[C@@H](O)[C@H]2O)C(=O)OCc2ccccc2)[C@H](O)[C@@H]1O. The van der Waals surface area contributed by atoms with Gasteiger partial charge >= 0.3 is 6.09 Å². The molecular weight excluding hydrogens is 650 g/mol. The lowest BCUT2D eigenvalue weighted by Gasteiger charge is -2.37. The van der Waals surface area contributed by atoms with Crippen LogP contribution in [0.1, 0.15) is 19.4 Å². The van der Waals surface area contributed by atoms with Gasteiger partial charge in [-0.25, -0.2) is 4.79 Å². The maximum Gasteiger partial charge on any atom is 0.410 e. The fraction of sp³-hybridized carbons (Fsp3) is 0.719. The first-order valence-corrected chi connectivity index (χ1v) is 16.3. The zero-order chi connectivity index (χ0) is 35.6. The van der Waals surface area contributed by atoms with Crippen molar-refractivity contribution in [3.63, 3.8) is 0 Å². The van der Waals surface area contributed by atoms with Crippen LogP contribution in [0.4, 0.5) is 4.79 Å². The molecule has 8 atom stereocenters. The van der Waals surface area contributed by atoms with Crippen LogP contribution in [-0.4, -0.2) is 171 Å². The first-order valence-electron chi connectivity index (χ1n) is 16.3. The molecule has 6 N–H and O–H groups in total. The second-order valence-electron chi connectivity index (χ2n) is 11.7. The van der Waals surface area contributed by atoms with E-state index in [1.54, 1.807) is 0 Å². The highest BCUT2D eigenvalue weighted by atomic mass is 16.6. The Bertz CT molecular complexity index is 1060. The van der Waals surface area contributed by atoms with E-state index in [1.807, 2.05) is 30.3 Å². The van der Waals surface area contributed by atoms with Crippen molar-refractivity contribution >= 4 is 17.9 Å². The predicted octanol–water partition coefficient (Wildman–Crippen LogP) is -2.06. The van der Waals surface area contributed by atoms with Gasteiger partial charge in [-0.1, -0.05) is 30.3 Å². The van der Waals surface area contributed by atoms with E-state index in [-0.39, 0.29) is 97.6 Å². The lowest BCUT2D eigenvalue weighted by Crippen LogP contribution is -2.59. The van der Waals surface area contributed by atoms with Crippen molar-refractivity contribution < 1.29 is 68.0 Å². The Morgan fingerprint density at radius 2 is 1.14 bits per heavy atom. The van der Waals surface area contributed by atoms with Crippen LogP contribution in [0.25, 0.3) is 0 Å². The smallest absolute Gasteiger partial charge is 0.410 e. The van der Waals surface area contributed by atoms with Gasteiger partial charge in [0, 0.05) is 26.9 Å². The summed E-state index contributed by atoms with van der Waals surface area (Å²) in [6.07, 6.45) is -6.88. The fourth-order valence-electron chi connectivity index (χ4n) is 5.13. The van der Waals surface area contributed by atoms with Crippen LogP contribution in [0, 0.1) is 0 Å². The van der Waals surface area contributed by atoms with Gasteiger partial charge in [0.2, 0.25) is 11.8 Å². The van der Waals surface area contributed by atoms with Gasteiger partial charge in [-0.05, 0) is 5.56 Å². The first-order chi connectivity index (χ1) is 23.6. The summed E-state index contributed by atoms with van der Waals surface area (Å²) in [7, 11) is 0. The summed E-state index contributed by atoms with van der Waals surface area (Å²) < 4.78 is 38.9. The summed E-state index contributed by atoms with van der Waals surface area (Å²) in [5, 5.41) is 46.1. The standard InChI is InChI=1S/C32H51N3O14/c1-21(36)33-24-17-47-26(30(40)28(24)38)19-45-14-12-43-10-8-35(32(42)49-16-23-6-4-3-5-7-23)9-11-44-13-15-46-20-27-31(41)29(39)25(18-48-27)34-22(2)37/h3-7,24-31,38-41H,8-20H2,1-2H3,(H,33,36)(H,34,37)/t24-,25-,26+,27+,28+,29+,30-,31-/m0/s1. The van der Waals surface area contributed by atoms with E-state index in [4.69, 9.17) is 33.2 Å². The second kappa shape index (κ2) is 22.0. The molecule has 0 radical (unpaired) electrons. The maximum absolute atomic E-state index is 12.9. The molecule has 0 bridgehead atoms. The number of carbonyl (C=O) groups is 3. The molecule has 0 saturated carbocycles. The topological polar surface area (TPSA) is 224 Å². The average molecular weight is 702 g/mol. The van der Waals surface area contributed by atoms with Crippen molar-refractivity contribution in [2.45, 2.75) is 69.2 Å². The summed E-state index contributed by atoms with van der Waals surface area (Å²) in [6, 6.07) is 7.87. The fourth-order valence-corrected chi connectivity index (χ4v) is 5.13. The number of ether oxygens (including phenoxy) is 7. The highest BCUT2D eigenvalue weighted by molar-refractivity contribution is 5.73. The molecule has 0 aliphatic carbocycles. The summed E-state index contributed by atoms with van der Waals surface area (Å²) >= 11 is 0. The van der Waals surface area contributed by atoms with E-state index in [1.165, 1.54) is 18.7 Å². The number of aliphatic hydroxyl groups excluding tert-OH is 4. The van der Waals surface area contributed by atoms with Gasteiger partial charge in [-0.15, -0.1) is 0 Å². The Balaban J connectivity index is 1.32. The molecule has 1 aromatic carbocycles. The maximum atomic E-state index is 12.9. The van der Waals surface area contributed by atoms with Crippen LogP contribution in [-0.2, 0) is 49.4 Å². The van der Waals surface area contributed by atoms with E-state index < -0.39 is 54.8 Å². The summed E-state index contributed by atoms with van der Waals surface area (Å²) in [5.41, 5.74) is 0.841. The predicted molar refractivity (Wildman–Crippen MR) is 170 cm³/mol. The first kappa shape index (κ1) is 40.5. The molecule has 2 heterocycles. The summed E-state index contributed by atoms with van der Waals surface area (Å²) in [6.45, 7) is 4.41. The van der Waals surface area contributed by atoms with Gasteiger partial charge in [0.05, 0.1) is 78.2 Å². The van der Waals surface area contributed by atoms with E-state index >= 15 is 0 Å². The Kier molecular flexibility index (Phi) is 18.1. The third-order valence-corrected chi connectivity index (χ3v) is 7.83. The van der Waals surface area contributed by atoms with Crippen LogP contribution in [0.15, 0.2) is 30.3 Å². The van der Waals surface area contributed by atoms with Gasteiger partial charge < -0.3 is 69.1 Å². The zero-order valence-electron chi connectivity index (χ0n) is 28.0. The van der Waals surface area contributed by atoms with Gasteiger partial charge in [-0.2, -0.15) is 0 Å². The molecule has 49 heavy (non-hydrogen) atoms. The van der Waals surface area contributed by atoms with E-state index in [0.29, 0.717) is 0 Å². The molecule has 2 fully saturated rings. The molecule has 0 aromatic heterocycles. The minimum atomic E-state index is -1.23. The third kappa shape index (κ3) is 14.4. The van der Waals surface area contributed by atoms with Crippen molar-refractivity contribution in [1.29, 1.82) is 0 Å². The van der Waals surface area contributed by atoms with Crippen molar-refractivity contribution in [2.75, 3.05) is 79.2 Å². The molecule has 0 unspecified atom stereocenters. The minimum absolute atomic E-state index is 0.0165. The molecule has 2 saturated heterocycles. The molecule has 0 spiro atoms. The molecule has 278 valence electrons. The van der Waals surface area contributed by atoms with E-state index in [2.05, 4.69) is 10.6 Å². The molecule has 2 aliphatic heterocycles. The highest BCUT2D eigenvalue weighted by Gasteiger charge is 2.40. The van der Waals surface area contributed by atoms with Gasteiger partial charge in [-0.3, -0.25) is 9.59 Å². The lowest BCUT2D eigenvalue weighted by atomic mass is 9.98. The molecule has 3 rings (SSSR count). The lowest BCUT2D eigenvalue weighted by molar-refractivity contribution is -0.171. The largest absolute Gasteiger partial charge is 0.445 e. The van der Waals surface area contributed by atoms with Crippen LogP contribution >= 0.6 is 0 Å². The van der Waals surface area contributed by atoms with Crippen LogP contribution in [0.3, 0.4) is 0 Å². The molecule has 1 aromatic rings. The Labute approximate surface area is 285 Å². The minimum Gasteiger partial charge on any atom is -0.445 e. The van der Waals surface area contributed by atoms with Crippen molar-refractivity contribution in [1.82, 2.24) is 15.5 Å². The highest BCUT2D eigenvalue weighted by Crippen LogP contribution is 2.17. The molecule has 17 nitrogen and oxygen atoms in total. The summed E-state index contributed by atoms with van der Waals surface area (Å²) in [4.78, 5) is 36.8. The Hall–Kier alpha value is -2.97. The van der Waals surface area contributed by atoms with E-state index in [0.717, 1.165) is 5.56 Å². The number of benzene rings is 1. The normalized spacial score (nSPS) is 26.9. The molecule has 2 aliphatic rings. The summed E-state index contributed by atoms with van der Waals surface area (Å²) in [5.74, 6) is -0.669. The quantitative estimate of drug-likeness (QED) is 0.0805. The van der Waals surface area contributed by atoms with Crippen molar-refractivity contribution in [3.05, 3.63) is 35.9 Å². The van der Waals surface area contributed by atoms with Gasteiger partial charge in [0.15, 0.2) is 0 Å². The number of nitrogens with zero attached hydrogens (tertiary/aromatic N) is 1. The average Bonchev–Trinajstić information content (AvgIpc) is 3.07. The Morgan fingerprint density at radius 3 is 1.59 bits per heavy atom. The Morgan fingerprint density at radius 1 is 0.694 bits per heavy atom. The van der Waals surface area contributed by atoms with Crippen molar-refractivity contribution in [3.8, 4) is 0 Å². The number of hydrogen-bond donors (Lipinski definition) is 6. The number of aliphatic hydroxyl groups is 4. The van der Waals surface area contributed by atoms with Crippen LogP contribution in [0.2, 0.25) is 0 Å². The molecular formula is C32H51N3O14. The number of hydrogen-bond acceptors (Lipinski definition) is 14. The number of carbonyl (C=O) groups excluding carboxylic acids is 3. The third-order valence-electron chi connectivity index (χ3n) is 7.83. The second-order valence-corrected chi connectivity index (χ2v) is 11.7. The van der Waals surface area contributed by atoms with E-state index in [9.17, 15) is 34.8 Å². The number of amides is 3. The van der Waals surface area contributed by atoms with Crippen LogP contribution < -0.4 is 10.6 Å². The van der Waals surface area contributed by atoms with Crippen LogP contribution in [0.5, 0.6) is 0 Å². The van der Waals surface area contributed by atoms with Gasteiger partial charge in [0.1, 0.15) is 43.2 Å². The zero-order valence-corrected chi connectivity index (χ0v) is 28.0. The number of rotatable bonds is 20. The van der Waals surface area contributed by atoms with Gasteiger partial charge in [0.25, 0.3) is 0 Å².